The van der Waals surface area contributed by atoms with E-state index in [0.717, 1.165) is 20.7 Å². The van der Waals surface area contributed by atoms with Gasteiger partial charge >= 0.3 is 0 Å². The van der Waals surface area contributed by atoms with Crippen molar-refractivity contribution in [3.05, 3.63) is 53.8 Å². The molecule has 0 amide bonds. The molecule has 3 aromatic heterocycles. The number of rotatable bonds is 2. The number of fused-ring (bicyclic) bond motifs is 1. The van der Waals surface area contributed by atoms with Gasteiger partial charge in [0.2, 0.25) is 5.82 Å². The van der Waals surface area contributed by atoms with Gasteiger partial charge in [-0.05, 0) is 23.8 Å². The minimum atomic E-state index is 0.187. The summed E-state index contributed by atoms with van der Waals surface area (Å²) in [5.41, 5.74) is 1.86. The first-order valence-electron chi connectivity index (χ1n) is 6.57. The van der Waals surface area contributed by atoms with Crippen LogP contribution in [0.3, 0.4) is 0 Å². The van der Waals surface area contributed by atoms with Crippen molar-refractivity contribution in [1.29, 1.82) is 5.26 Å². The summed E-state index contributed by atoms with van der Waals surface area (Å²) in [6, 6.07) is 11.6. The minimum absolute atomic E-state index is 0.187. The predicted octanol–water partition coefficient (Wildman–Crippen LogP) is 3.46. The monoisotopic (exact) mass is 338 g/mol. The van der Waals surface area contributed by atoms with Gasteiger partial charge in [-0.3, -0.25) is 4.57 Å². The molecule has 0 aliphatic rings. The standard InChI is InChI=1S/C15H7ClN6S/c16-10-3-1-9(2-4-10)12-5-11-14(23-12)15(19-7-18-11)22-8-20-21-13(22)6-17/h1-5,7-8H. The van der Waals surface area contributed by atoms with Gasteiger partial charge in [-0.25, -0.2) is 9.97 Å². The van der Waals surface area contributed by atoms with E-state index in [1.807, 2.05) is 36.4 Å². The van der Waals surface area contributed by atoms with Crippen LogP contribution in [0.25, 0.3) is 26.5 Å². The van der Waals surface area contributed by atoms with Crippen LogP contribution in [-0.2, 0) is 0 Å². The topological polar surface area (TPSA) is 80.3 Å². The Morgan fingerprint density at radius 3 is 2.78 bits per heavy atom. The van der Waals surface area contributed by atoms with Gasteiger partial charge in [0.05, 0.1) is 10.2 Å². The van der Waals surface area contributed by atoms with Crippen LogP contribution >= 0.6 is 22.9 Å². The number of thiophene rings is 1. The van der Waals surface area contributed by atoms with Gasteiger partial charge < -0.3 is 0 Å². The molecule has 23 heavy (non-hydrogen) atoms. The van der Waals surface area contributed by atoms with Gasteiger partial charge in [-0.1, -0.05) is 23.7 Å². The third-order valence-electron chi connectivity index (χ3n) is 3.30. The molecule has 0 spiro atoms. The van der Waals surface area contributed by atoms with Gasteiger partial charge in [-0.15, -0.1) is 21.5 Å². The van der Waals surface area contributed by atoms with E-state index in [9.17, 15) is 0 Å². The molecule has 0 saturated heterocycles. The van der Waals surface area contributed by atoms with E-state index >= 15 is 0 Å². The zero-order valence-electron chi connectivity index (χ0n) is 11.5. The Balaban J connectivity index is 1.92. The van der Waals surface area contributed by atoms with Crippen molar-refractivity contribution in [1.82, 2.24) is 24.7 Å². The Kier molecular flexibility index (Phi) is 3.26. The Morgan fingerprint density at radius 1 is 1.17 bits per heavy atom. The summed E-state index contributed by atoms with van der Waals surface area (Å²) in [4.78, 5) is 9.64. The number of nitrogens with zero attached hydrogens (tertiary/aromatic N) is 6. The van der Waals surface area contributed by atoms with Crippen molar-refractivity contribution < 1.29 is 0 Å². The SMILES string of the molecule is N#Cc1nncn1-c1ncnc2cc(-c3ccc(Cl)cc3)sc12. The van der Waals surface area contributed by atoms with E-state index < -0.39 is 0 Å². The van der Waals surface area contributed by atoms with Crippen LogP contribution in [-0.4, -0.2) is 24.7 Å². The van der Waals surface area contributed by atoms with Crippen LogP contribution in [0.5, 0.6) is 0 Å². The lowest BCUT2D eigenvalue weighted by atomic mass is 10.2. The minimum Gasteiger partial charge on any atom is -0.255 e. The molecule has 0 unspecified atom stereocenters. The molecule has 0 aliphatic heterocycles. The van der Waals surface area contributed by atoms with Crippen molar-refractivity contribution in [3.63, 3.8) is 0 Å². The fourth-order valence-corrected chi connectivity index (χ4v) is 3.47. The van der Waals surface area contributed by atoms with E-state index in [0.29, 0.717) is 10.8 Å². The normalized spacial score (nSPS) is 10.8. The smallest absolute Gasteiger partial charge is 0.240 e. The highest BCUT2D eigenvalue weighted by Crippen LogP contribution is 2.35. The van der Waals surface area contributed by atoms with Gasteiger partial charge in [0.1, 0.15) is 18.7 Å². The summed E-state index contributed by atoms with van der Waals surface area (Å²) >= 11 is 7.48. The second-order valence-corrected chi connectivity index (χ2v) is 6.15. The van der Waals surface area contributed by atoms with Gasteiger partial charge in [0, 0.05) is 9.90 Å². The molecule has 0 atom stereocenters. The third kappa shape index (κ3) is 2.34. The molecule has 0 fully saturated rings. The van der Waals surface area contributed by atoms with Gasteiger partial charge in [0.15, 0.2) is 5.82 Å². The van der Waals surface area contributed by atoms with E-state index in [1.165, 1.54) is 12.7 Å². The number of hydrogen-bond acceptors (Lipinski definition) is 6. The van der Waals surface area contributed by atoms with Crippen LogP contribution in [0.1, 0.15) is 5.82 Å². The summed E-state index contributed by atoms with van der Waals surface area (Å²) in [6.07, 6.45) is 2.94. The van der Waals surface area contributed by atoms with Gasteiger partial charge in [0.25, 0.3) is 0 Å². The molecule has 3 heterocycles. The highest BCUT2D eigenvalue weighted by atomic mass is 35.5. The Labute approximate surface area is 139 Å². The third-order valence-corrected chi connectivity index (χ3v) is 4.72. The molecule has 6 nitrogen and oxygen atoms in total. The van der Waals surface area contributed by atoms with Crippen LogP contribution in [0.2, 0.25) is 5.02 Å². The average Bonchev–Trinajstić information content (AvgIpc) is 3.21. The molecule has 110 valence electrons. The fourth-order valence-electron chi connectivity index (χ4n) is 2.24. The summed E-state index contributed by atoms with van der Waals surface area (Å²) in [5.74, 6) is 0.785. The molecule has 0 bridgehead atoms. The Hall–Kier alpha value is -2.82. The lowest BCUT2D eigenvalue weighted by Crippen LogP contribution is -1.99. The van der Waals surface area contributed by atoms with Crippen molar-refractivity contribution in [2.45, 2.75) is 0 Å². The number of hydrogen-bond donors (Lipinski definition) is 0. The lowest BCUT2D eigenvalue weighted by molar-refractivity contribution is 0.971. The number of nitriles is 1. The quantitative estimate of drug-likeness (QED) is 0.559. The number of benzene rings is 1. The molecule has 0 saturated carbocycles. The maximum atomic E-state index is 9.12. The maximum Gasteiger partial charge on any atom is 0.240 e. The zero-order chi connectivity index (χ0) is 15.8. The Morgan fingerprint density at radius 2 is 2.00 bits per heavy atom. The molecule has 0 aliphatic carbocycles. The van der Waals surface area contributed by atoms with Crippen LogP contribution in [0.4, 0.5) is 0 Å². The average molecular weight is 339 g/mol. The number of halogens is 1. The molecule has 0 radical (unpaired) electrons. The maximum absolute atomic E-state index is 9.12. The largest absolute Gasteiger partial charge is 0.255 e. The van der Waals surface area contributed by atoms with E-state index in [1.54, 1.807) is 15.9 Å². The second kappa shape index (κ2) is 5.43. The summed E-state index contributed by atoms with van der Waals surface area (Å²) in [7, 11) is 0. The van der Waals surface area contributed by atoms with Gasteiger partial charge in [-0.2, -0.15) is 5.26 Å². The molecule has 8 heteroatoms. The second-order valence-electron chi connectivity index (χ2n) is 4.67. The molecule has 1 aromatic carbocycles. The molecule has 4 aromatic rings. The first-order chi connectivity index (χ1) is 11.3. The van der Waals surface area contributed by atoms with Crippen LogP contribution in [0.15, 0.2) is 43.0 Å². The summed E-state index contributed by atoms with van der Waals surface area (Å²) in [5, 5.41) is 17.4. The fraction of sp³-hybridized carbons (Fsp3) is 0. The van der Waals surface area contributed by atoms with E-state index in [-0.39, 0.29) is 5.82 Å². The van der Waals surface area contributed by atoms with Crippen molar-refractivity contribution in [3.8, 4) is 22.3 Å². The van der Waals surface area contributed by atoms with Crippen molar-refractivity contribution >= 4 is 33.2 Å². The highest BCUT2D eigenvalue weighted by Gasteiger charge is 2.14. The van der Waals surface area contributed by atoms with Crippen molar-refractivity contribution in [2.75, 3.05) is 0 Å². The van der Waals surface area contributed by atoms with Crippen LogP contribution in [0, 0.1) is 11.3 Å². The van der Waals surface area contributed by atoms with Crippen LogP contribution < -0.4 is 0 Å². The molecular weight excluding hydrogens is 332 g/mol. The highest BCUT2D eigenvalue weighted by molar-refractivity contribution is 7.22. The summed E-state index contributed by atoms with van der Waals surface area (Å²) in [6.45, 7) is 0. The molecule has 0 N–H and O–H groups in total. The molecule has 4 rings (SSSR count). The first kappa shape index (κ1) is 13.8. The zero-order valence-corrected chi connectivity index (χ0v) is 13.1. The van der Waals surface area contributed by atoms with Crippen molar-refractivity contribution in [2.24, 2.45) is 0 Å². The Bertz CT molecular complexity index is 1040. The number of aromatic nitrogens is 5. The summed E-state index contributed by atoms with van der Waals surface area (Å²) < 4.78 is 2.43. The predicted molar refractivity (Wildman–Crippen MR) is 87.5 cm³/mol. The molecular formula is C15H7ClN6S. The van der Waals surface area contributed by atoms with E-state index in [2.05, 4.69) is 20.2 Å². The lowest BCUT2D eigenvalue weighted by Gasteiger charge is -2.01. The first-order valence-corrected chi connectivity index (χ1v) is 7.76. The van der Waals surface area contributed by atoms with E-state index in [4.69, 9.17) is 16.9 Å².